The van der Waals surface area contributed by atoms with Gasteiger partial charge in [-0.05, 0) is 37.1 Å². The summed E-state index contributed by atoms with van der Waals surface area (Å²) < 4.78 is 0.994. The molecule has 2 N–H and O–H groups in total. The highest BCUT2D eigenvalue weighted by atomic mass is 79.9. The fourth-order valence-electron chi connectivity index (χ4n) is 1.22. The van der Waals surface area contributed by atoms with E-state index in [1.807, 2.05) is 25.1 Å². The molecule has 0 unspecified atom stereocenters. The van der Waals surface area contributed by atoms with Gasteiger partial charge < -0.3 is 10.4 Å². The lowest BCUT2D eigenvalue weighted by atomic mass is 10.2. The van der Waals surface area contributed by atoms with Crippen molar-refractivity contribution in [3.8, 4) is 0 Å². The van der Waals surface area contributed by atoms with Crippen LogP contribution in [-0.2, 0) is 4.79 Å². The third-order valence-electron chi connectivity index (χ3n) is 2.02. The van der Waals surface area contributed by atoms with Gasteiger partial charge in [-0.25, -0.2) is 0 Å². The monoisotopic (exact) mass is 271 g/mol. The van der Waals surface area contributed by atoms with E-state index in [2.05, 4.69) is 21.2 Å². The number of anilines is 1. The third-order valence-corrected chi connectivity index (χ3v) is 2.52. The highest BCUT2D eigenvalue weighted by Crippen LogP contribution is 2.20. The summed E-state index contributed by atoms with van der Waals surface area (Å²) >= 11 is 3.36. The molecule has 3 nitrogen and oxygen atoms in total. The maximum atomic E-state index is 11.4. The van der Waals surface area contributed by atoms with Crippen molar-refractivity contribution in [2.24, 2.45) is 0 Å². The van der Waals surface area contributed by atoms with Crippen molar-refractivity contribution in [1.82, 2.24) is 0 Å². The number of aliphatic hydroxyl groups excluding tert-OH is 1. The molecule has 1 amide bonds. The molecule has 0 aliphatic rings. The fraction of sp³-hybridized carbons (Fsp3) is 0.364. The van der Waals surface area contributed by atoms with Crippen molar-refractivity contribution in [2.45, 2.75) is 19.8 Å². The zero-order valence-corrected chi connectivity index (χ0v) is 10.2. The molecular formula is C11H14BrNO2. The van der Waals surface area contributed by atoms with Crippen molar-refractivity contribution >= 4 is 27.5 Å². The molecule has 0 spiro atoms. The molecule has 0 fully saturated rings. The Morgan fingerprint density at radius 3 is 2.87 bits per heavy atom. The minimum absolute atomic E-state index is 0.0484. The first kappa shape index (κ1) is 12.2. The summed E-state index contributed by atoms with van der Waals surface area (Å²) in [5.41, 5.74) is 1.84. The van der Waals surface area contributed by atoms with Crippen LogP contribution >= 0.6 is 15.9 Å². The van der Waals surface area contributed by atoms with E-state index in [1.165, 1.54) is 0 Å². The second kappa shape index (κ2) is 5.88. The smallest absolute Gasteiger partial charge is 0.224 e. The van der Waals surface area contributed by atoms with Crippen LogP contribution in [0.25, 0.3) is 0 Å². The largest absolute Gasteiger partial charge is 0.396 e. The second-order valence-corrected chi connectivity index (χ2v) is 4.25. The van der Waals surface area contributed by atoms with E-state index < -0.39 is 0 Å². The Morgan fingerprint density at radius 2 is 2.27 bits per heavy atom. The SMILES string of the molecule is Cc1cc(Br)ccc1NC(=O)CCCO. The van der Waals surface area contributed by atoms with Gasteiger partial charge in [-0.2, -0.15) is 0 Å². The number of amides is 1. The van der Waals surface area contributed by atoms with E-state index in [9.17, 15) is 4.79 Å². The quantitative estimate of drug-likeness (QED) is 0.884. The summed E-state index contributed by atoms with van der Waals surface area (Å²) in [7, 11) is 0. The predicted octanol–water partition coefficient (Wildman–Crippen LogP) is 2.47. The average Bonchev–Trinajstić information content (AvgIpc) is 2.19. The number of hydrogen-bond acceptors (Lipinski definition) is 2. The molecule has 0 bridgehead atoms. The Kier molecular flexibility index (Phi) is 4.78. The maximum absolute atomic E-state index is 11.4. The Hall–Kier alpha value is -0.870. The second-order valence-electron chi connectivity index (χ2n) is 3.33. The van der Waals surface area contributed by atoms with Gasteiger partial charge in [0.1, 0.15) is 0 Å². The first-order valence-corrected chi connectivity index (χ1v) is 5.59. The van der Waals surface area contributed by atoms with E-state index in [0.717, 1.165) is 15.7 Å². The number of nitrogens with one attached hydrogen (secondary N) is 1. The molecule has 0 aromatic heterocycles. The van der Waals surface area contributed by atoms with Crippen LogP contribution in [-0.4, -0.2) is 17.6 Å². The lowest BCUT2D eigenvalue weighted by Crippen LogP contribution is -2.12. The van der Waals surface area contributed by atoms with Crippen LogP contribution in [0.5, 0.6) is 0 Å². The van der Waals surface area contributed by atoms with Gasteiger partial charge in [0.2, 0.25) is 5.91 Å². The van der Waals surface area contributed by atoms with Gasteiger partial charge in [-0.15, -0.1) is 0 Å². The van der Waals surface area contributed by atoms with Crippen LogP contribution in [0.15, 0.2) is 22.7 Å². The Bertz CT molecular complexity index is 352. The average molecular weight is 272 g/mol. The predicted molar refractivity (Wildman–Crippen MR) is 63.8 cm³/mol. The summed E-state index contributed by atoms with van der Waals surface area (Å²) in [6.07, 6.45) is 0.855. The van der Waals surface area contributed by atoms with Crippen molar-refractivity contribution in [2.75, 3.05) is 11.9 Å². The number of hydrogen-bond donors (Lipinski definition) is 2. The van der Waals surface area contributed by atoms with Crippen molar-refractivity contribution < 1.29 is 9.90 Å². The molecule has 1 aromatic carbocycles. The maximum Gasteiger partial charge on any atom is 0.224 e. The molecule has 82 valence electrons. The first-order valence-electron chi connectivity index (χ1n) is 4.80. The van der Waals surface area contributed by atoms with Gasteiger partial charge in [0.25, 0.3) is 0 Å². The Morgan fingerprint density at radius 1 is 1.53 bits per heavy atom. The number of aliphatic hydroxyl groups is 1. The highest BCUT2D eigenvalue weighted by Gasteiger charge is 2.04. The van der Waals surface area contributed by atoms with Crippen molar-refractivity contribution in [3.63, 3.8) is 0 Å². The summed E-state index contributed by atoms with van der Waals surface area (Å²) in [5.74, 6) is -0.0607. The molecule has 4 heteroatoms. The molecule has 1 rings (SSSR count). The van der Waals surface area contributed by atoms with Gasteiger partial charge in [0.05, 0.1) is 0 Å². The molecule has 0 aliphatic heterocycles. The van der Waals surface area contributed by atoms with E-state index >= 15 is 0 Å². The number of rotatable bonds is 4. The molecule has 15 heavy (non-hydrogen) atoms. The Balaban J connectivity index is 2.60. The number of benzene rings is 1. The van der Waals surface area contributed by atoms with Gasteiger partial charge in [0, 0.05) is 23.2 Å². The van der Waals surface area contributed by atoms with E-state index in [1.54, 1.807) is 0 Å². The van der Waals surface area contributed by atoms with Crippen LogP contribution in [0.1, 0.15) is 18.4 Å². The van der Waals surface area contributed by atoms with Crippen LogP contribution in [0.2, 0.25) is 0 Å². The highest BCUT2D eigenvalue weighted by molar-refractivity contribution is 9.10. The minimum Gasteiger partial charge on any atom is -0.396 e. The normalized spacial score (nSPS) is 10.1. The zero-order chi connectivity index (χ0) is 11.3. The van der Waals surface area contributed by atoms with Gasteiger partial charge in [-0.3, -0.25) is 4.79 Å². The van der Waals surface area contributed by atoms with Crippen LogP contribution < -0.4 is 5.32 Å². The third kappa shape index (κ3) is 4.01. The standard InChI is InChI=1S/C11H14BrNO2/c1-8-7-9(12)4-5-10(8)13-11(15)3-2-6-14/h4-5,7,14H,2-3,6H2,1H3,(H,13,15). The van der Waals surface area contributed by atoms with Crippen molar-refractivity contribution in [3.05, 3.63) is 28.2 Å². The van der Waals surface area contributed by atoms with E-state index in [-0.39, 0.29) is 12.5 Å². The lowest BCUT2D eigenvalue weighted by Gasteiger charge is -2.08. The molecule has 0 saturated carbocycles. The Labute approximate surface area is 97.6 Å². The van der Waals surface area contributed by atoms with E-state index in [4.69, 9.17) is 5.11 Å². The minimum atomic E-state index is -0.0607. The lowest BCUT2D eigenvalue weighted by molar-refractivity contribution is -0.116. The van der Waals surface area contributed by atoms with Gasteiger partial charge in [-0.1, -0.05) is 15.9 Å². The topological polar surface area (TPSA) is 49.3 Å². The zero-order valence-electron chi connectivity index (χ0n) is 8.59. The fourth-order valence-corrected chi connectivity index (χ4v) is 1.70. The van der Waals surface area contributed by atoms with Crippen LogP contribution in [0, 0.1) is 6.92 Å². The molecular weight excluding hydrogens is 258 g/mol. The van der Waals surface area contributed by atoms with Crippen LogP contribution in [0.3, 0.4) is 0 Å². The molecule has 0 heterocycles. The molecule has 0 saturated heterocycles. The molecule has 0 aliphatic carbocycles. The molecule has 0 atom stereocenters. The van der Waals surface area contributed by atoms with Gasteiger partial charge in [0.15, 0.2) is 0 Å². The first-order chi connectivity index (χ1) is 7.13. The number of aryl methyl sites for hydroxylation is 1. The molecule has 0 radical (unpaired) electrons. The number of halogens is 1. The van der Waals surface area contributed by atoms with Crippen LogP contribution in [0.4, 0.5) is 5.69 Å². The summed E-state index contributed by atoms with van der Waals surface area (Å²) in [6, 6.07) is 5.69. The van der Waals surface area contributed by atoms with Gasteiger partial charge >= 0.3 is 0 Å². The number of carbonyl (C=O) groups is 1. The van der Waals surface area contributed by atoms with E-state index in [0.29, 0.717) is 12.8 Å². The summed E-state index contributed by atoms with van der Waals surface area (Å²) in [4.78, 5) is 11.4. The molecule has 1 aromatic rings. The summed E-state index contributed by atoms with van der Waals surface area (Å²) in [6.45, 7) is 1.99. The van der Waals surface area contributed by atoms with Crippen molar-refractivity contribution in [1.29, 1.82) is 0 Å². The number of carbonyl (C=O) groups excluding carboxylic acids is 1. The summed E-state index contributed by atoms with van der Waals surface area (Å²) in [5, 5.41) is 11.4.